The normalized spacial score (nSPS) is 13.9. The van der Waals surface area contributed by atoms with Crippen LogP contribution >= 0.6 is 11.8 Å². The number of carbonyl (C=O) groups is 1. The Balaban J connectivity index is 1.53. The van der Waals surface area contributed by atoms with Crippen molar-refractivity contribution in [1.82, 2.24) is 19.3 Å². The Morgan fingerprint density at radius 2 is 2.22 bits per heavy atom. The Morgan fingerprint density at radius 3 is 2.89 bits per heavy atom. The van der Waals surface area contributed by atoms with E-state index in [1.807, 2.05) is 29.7 Å². The first kappa shape index (κ1) is 17.9. The van der Waals surface area contributed by atoms with Gasteiger partial charge < -0.3 is 8.98 Å². The number of nitrogens with zero attached hydrogens (tertiary/aromatic N) is 4. The van der Waals surface area contributed by atoms with Crippen molar-refractivity contribution >= 4 is 17.5 Å². The van der Waals surface area contributed by atoms with E-state index in [9.17, 15) is 4.79 Å². The second-order valence-corrected chi connectivity index (χ2v) is 7.72. The molecule has 1 saturated carbocycles. The number of aryl methyl sites for hydroxylation is 1. The van der Waals surface area contributed by atoms with Gasteiger partial charge in [0, 0.05) is 29.5 Å². The number of allylic oxidation sites excluding steroid dienone is 1. The van der Waals surface area contributed by atoms with Gasteiger partial charge in [0.2, 0.25) is 5.82 Å². The van der Waals surface area contributed by atoms with Gasteiger partial charge in [0.05, 0.1) is 12.0 Å². The molecule has 0 radical (unpaired) electrons. The number of thioether (sulfide) groups is 1. The molecule has 1 fully saturated rings. The number of Topliss-reactive ketones (excluding diaryl/α,β-unsaturated/α-hetero) is 1. The lowest BCUT2D eigenvalue weighted by Crippen LogP contribution is -2.07. The minimum Gasteiger partial charge on any atom is -0.461 e. The summed E-state index contributed by atoms with van der Waals surface area (Å²) < 4.78 is 9.65. The minimum atomic E-state index is 0.118. The fraction of sp³-hybridized carbons (Fsp3) is 0.350. The summed E-state index contributed by atoms with van der Waals surface area (Å²) >= 11 is 1.40. The van der Waals surface area contributed by atoms with Crippen LogP contribution in [0.2, 0.25) is 0 Å². The lowest BCUT2D eigenvalue weighted by Gasteiger charge is -2.08. The molecule has 0 spiro atoms. The Labute approximate surface area is 162 Å². The first-order chi connectivity index (χ1) is 13.1. The number of hydrogen-bond donors (Lipinski definition) is 0. The number of carbonyl (C=O) groups excluding carboxylic acids is 1. The van der Waals surface area contributed by atoms with Gasteiger partial charge in [0.1, 0.15) is 0 Å². The predicted octanol–water partition coefficient (Wildman–Crippen LogP) is 4.45. The molecule has 6 nitrogen and oxygen atoms in total. The molecule has 4 rings (SSSR count). The van der Waals surface area contributed by atoms with Gasteiger partial charge in [-0.25, -0.2) is 0 Å². The standard InChI is InChI=1S/C20H22N4O2S/c1-4-9-23-19(18-6-5-10-26-18)21-22-20(23)27-12-17(25)16-11-13(2)24(14(16)3)15-7-8-15/h4-6,10-11,15H,1,7-9,12H2,2-3H3. The summed E-state index contributed by atoms with van der Waals surface area (Å²) in [7, 11) is 0. The van der Waals surface area contributed by atoms with Crippen LogP contribution in [0.3, 0.4) is 0 Å². The van der Waals surface area contributed by atoms with Crippen LogP contribution in [0.4, 0.5) is 0 Å². The maximum atomic E-state index is 12.8. The third-order valence-electron chi connectivity index (χ3n) is 4.80. The van der Waals surface area contributed by atoms with Gasteiger partial charge in [0.25, 0.3) is 0 Å². The van der Waals surface area contributed by atoms with Crippen molar-refractivity contribution in [3.8, 4) is 11.6 Å². The van der Waals surface area contributed by atoms with Crippen molar-refractivity contribution in [3.05, 3.63) is 54.1 Å². The van der Waals surface area contributed by atoms with E-state index in [1.165, 1.54) is 30.3 Å². The van der Waals surface area contributed by atoms with Crippen LogP contribution in [-0.2, 0) is 6.54 Å². The average molecular weight is 382 g/mol. The molecular formula is C20H22N4O2S. The summed E-state index contributed by atoms with van der Waals surface area (Å²) in [5.41, 5.74) is 3.05. The van der Waals surface area contributed by atoms with Crippen LogP contribution in [0.5, 0.6) is 0 Å². The number of rotatable bonds is 8. The Bertz CT molecular complexity index is 980. The highest BCUT2D eigenvalue weighted by Crippen LogP contribution is 2.38. The first-order valence-electron chi connectivity index (χ1n) is 9.02. The molecule has 1 aliphatic carbocycles. The lowest BCUT2D eigenvalue weighted by molar-refractivity contribution is 0.102. The Morgan fingerprint density at radius 1 is 1.41 bits per heavy atom. The van der Waals surface area contributed by atoms with E-state index in [0.29, 0.717) is 35.1 Å². The van der Waals surface area contributed by atoms with E-state index in [0.717, 1.165) is 11.3 Å². The van der Waals surface area contributed by atoms with Crippen LogP contribution in [0.25, 0.3) is 11.6 Å². The van der Waals surface area contributed by atoms with Gasteiger partial charge in [-0.15, -0.1) is 16.8 Å². The molecule has 0 bridgehead atoms. The zero-order valence-electron chi connectivity index (χ0n) is 15.5. The molecule has 0 atom stereocenters. The quantitative estimate of drug-likeness (QED) is 0.327. The summed E-state index contributed by atoms with van der Waals surface area (Å²) in [4.78, 5) is 12.8. The van der Waals surface area contributed by atoms with Crippen LogP contribution in [0.1, 0.15) is 40.6 Å². The molecule has 7 heteroatoms. The predicted molar refractivity (Wildman–Crippen MR) is 105 cm³/mol. The SMILES string of the molecule is C=CCn1c(SCC(=O)c2cc(C)n(C3CC3)c2C)nnc1-c1ccco1. The summed E-state index contributed by atoms with van der Waals surface area (Å²) in [6.45, 7) is 8.47. The maximum absolute atomic E-state index is 12.8. The third-order valence-corrected chi connectivity index (χ3v) is 5.77. The molecule has 3 heterocycles. The largest absolute Gasteiger partial charge is 0.461 e. The van der Waals surface area contributed by atoms with Crippen molar-refractivity contribution < 1.29 is 9.21 Å². The summed E-state index contributed by atoms with van der Waals surface area (Å²) in [5.74, 6) is 1.73. The zero-order chi connectivity index (χ0) is 19.0. The number of ketones is 1. The number of furan rings is 1. The van der Waals surface area contributed by atoms with Crippen molar-refractivity contribution in [2.45, 2.75) is 44.4 Å². The van der Waals surface area contributed by atoms with Gasteiger partial charge in [-0.05, 0) is 44.9 Å². The molecule has 140 valence electrons. The van der Waals surface area contributed by atoms with Gasteiger partial charge in [-0.3, -0.25) is 9.36 Å². The molecule has 1 aliphatic rings. The molecule has 27 heavy (non-hydrogen) atoms. The molecule has 0 aromatic carbocycles. The van der Waals surface area contributed by atoms with Gasteiger partial charge >= 0.3 is 0 Å². The Kier molecular flexibility index (Phi) is 4.78. The smallest absolute Gasteiger partial charge is 0.200 e. The van der Waals surface area contributed by atoms with E-state index in [2.05, 4.69) is 28.3 Å². The highest BCUT2D eigenvalue weighted by Gasteiger charge is 2.28. The molecular weight excluding hydrogens is 360 g/mol. The topological polar surface area (TPSA) is 65.8 Å². The van der Waals surface area contributed by atoms with E-state index in [4.69, 9.17) is 4.42 Å². The first-order valence-corrected chi connectivity index (χ1v) is 10.0. The molecule has 0 unspecified atom stereocenters. The van der Waals surface area contributed by atoms with Crippen LogP contribution < -0.4 is 0 Å². The molecule has 0 saturated heterocycles. The highest BCUT2D eigenvalue weighted by molar-refractivity contribution is 7.99. The average Bonchev–Trinajstić information content (AvgIpc) is 3.06. The van der Waals surface area contributed by atoms with E-state index in [1.54, 1.807) is 12.3 Å². The van der Waals surface area contributed by atoms with Crippen molar-refractivity contribution in [2.24, 2.45) is 0 Å². The second-order valence-electron chi connectivity index (χ2n) is 6.78. The fourth-order valence-corrected chi connectivity index (χ4v) is 4.27. The van der Waals surface area contributed by atoms with Crippen LogP contribution in [-0.4, -0.2) is 30.9 Å². The van der Waals surface area contributed by atoms with Crippen LogP contribution in [0.15, 0.2) is 46.7 Å². The fourth-order valence-electron chi connectivity index (χ4n) is 3.44. The minimum absolute atomic E-state index is 0.118. The summed E-state index contributed by atoms with van der Waals surface area (Å²) in [5, 5.41) is 9.17. The Hall–Kier alpha value is -2.54. The third kappa shape index (κ3) is 3.39. The van der Waals surface area contributed by atoms with Gasteiger partial charge in [-0.1, -0.05) is 17.8 Å². The van der Waals surface area contributed by atoms with Crippen molar-refractivity contribution in [3.63, 3.8) is 0 Å². The number of aromatic nitrogens is 4. The van der Waals surface area contributed by atoms with Gasteiger partial charge in [-0.2, -0.15) is 0 Å². The molecule has 0 aliphatic heterocycles. The van der Waals surface area contributed by atoms with E-state index >= 15 is 0 Å². The van der Waals surface area contributed by atoms with Crippen molar-refractivity contribution in [1.29, 1.82) is 0 Å². The highest BCUT2D eigenvalue weighted by atomic mass is 32.2. The molecule has 0 N–H and O–H groups in total. The van der Waals surface area contributed by atoms with Crippen molar-refractivity contribution in [2.75, 3.05) is 5.75 Å². The molecule has 0 amide bonds. The molecule has 3 aromatic heterocycles. The van der Waals surface area contributed by atoms with E-state index in [-0.39, 0.29) is 5.78 Å². The zero-order valence-corrected chi connectivity index (χ0v) is 16.3. The number of hydrogen-bond acceptors (Lipinski definition) is 5. The maximum Gasteiger partial charge on any atom is 0.200 e. The van der Waals surface area contributed by atoms with Crippen LogP contribution in [0, 0.1) is 13.8 Å². The van der Waals surface area contributed by atoms with Gasteiger partial charge in [0.15, 0.2) is 16.7 Å². The summed E-state index contributed by atoms with van der Waals surface area (Å²) in [6, 6.07) is 6.24. The second kappa shape index (κ2) is 7.23. The summed E-state index contributed by atoms with van der Waals surface area (Å²) in [6.07, 6.45) is 5.80. The monoisotopic (exact) mass is 382 g/mol. The lowest BCUT2D eigenvalue weighted by atomic mass is 10.2. The molecule has 3 aromatic rings. The van der Waals surface area contributed by atoms with E-state index < -0.39 is 0 Å².